The molecule has 1 amide bonds. The first kappa shape index (κ1) is 18.2. The van der Waals surface area contributed by atoms with E-state index in [1.165, 1.54) is 0 Å². The van der Waals surface area contributed by atoms with Gasteiger partial charge in [0.2, 0.25) is 5.91 Å². The minimum Gasteiger partial charge on any atom is -0.343 e. The van der Waals surface area contributed by atoms with Gasteiger partial charge in [0.05, 0.1) is 11.0 Å². The molecule has 0 bridgehead atoms. The third-order valence-electron chi connectivity index (χ3n) is 4.93. The first-order valence-corrected chi connectivity index (χ1v) is 9.53. The van der Waals surface area contributed by atoms with E-state index in [0.29, 0.717) is 24.9 Å². The number of aryl methyl sites for hydroxylation is 1. The van der Waals surface area contributed by atoms with Gasteiger partial charge in [-0.05, 0) is 44.0 Å². The summed E-state index contributed by atoms with van der Waals surface area (Å²) in [5, 5.41) is 0. The topological polar surface area (TPSA) is 46.7 Å². The highest BCUT2D eigenvalue weighted by Gasteiger charge is 2.13. The van der Waals surface area contributed by atoms with Crippen LogP contribution in [0.3, 0.4) is 0 Å². The van der Waals surface area contributed by atoms with Crippen molar-refractivity contribution < 1.29 is 4.79 Å². The van der Waals surface area contributed by atoms with E-state index in [-0.39, 0.29) is 11.5 Å². The second kappa shape index (κ2) is 8.21. The molecule has 138 valence electrons. The van der Waals surface area contributed by atoms with Crippen molar-refractivity contribution in [2.24, 2.45) is 0 Å². The quantitative estimate of drug-likeness (QED) is 0.620. The zero-order valence-corrected chi connectivity index (χ0v) is 15.6. The van der Waals surface area contributed by atoms with Gasteiger partial charge in [-0.1, -0.05) is 25.5 Å². The number of nitrogens with zero attached hydrogens (tertiary/aromatic N) is 3. The highest BCUT2D eigenvalue weighted by Crippen LogP contribution is 2.15. The van der Waals surface area contributed by atoms with E-state index < -0.39 is 0 Å². The van der Waals surface area contributed by atoms with Crippen LogP contribution in [0.25, 0.3) is 16.6 Å². The van der Waals surface area contributed by atoms with Crippen LogP contribution in [0.2, 0.25) is 0 Å². The Bertz CT molecular complexity index is 955. The maximum absolute atomic E-state index is 12.9. The summed E-state index contributed by atoms with van der Waals surface area (Å²) in [7, 11) is 0. The van der Waals surface area contributed by atoms with Gasteiger partial charge in [-0.25, -0.2) is 0 Å². The molecular formula is C21H27N3O2. The molecule has 1 aromatic carbocycles. The van der Waals surface area contributed by atoms with Gasteiger partial charge in [-0.15, -0.1) is 0 Å². The number of carbonyl (C=O) groups is 1. The molecule has 0 aliphatic carbocycles. The number of aromatic nitrogens is 2. The molecule has 2 heterocycles. The number of fused-ring (bicyclic) bond motifs is 3. The molecule has 0 atom stereocenters. The SMILES string of the molecule is CCCCN(CC)C(=O)CCCn1c(=O)c2cccn2c2ccccc21. The average molecular weight is 353 g/mol. The summed E-state index contributed by atoms with van der Waals surface area (Å²) in [6, 6.07) is 11.7. The van der Waals surface area contributed by atoms with Gasteiger partial charge in [0.1, 0.15) is 5.52 Å². The fourth-order valence-electron chi connectivity index (χ4n) is 3.49. The Morgan fingerprint density at radius 2 is 1.73 bits per heavy atom. The van der Waals surface area contributed by atoms with Crippen molar-refractivity contribution in [3.8, 4) is 0 Å². The molecule has 0 fully saturated rings. The Balaban J connectivity index is 1.79. The van der Waals surface area contributed by atoms with E-state index in [1.807, 2.05) is 58.8 Å². The number of rotatable bonds is 8. The molecule has 26 heavy (non-hydrogen) atoms. The van der Waals surface area contributed by atoms with E-state index in [2.05, 4.69) is 6.92 Å². The molecule has 0 saturated carbocycles. The maximum atomic E-state index is 12.9. The molecule has 3 rings (SSSR count). The van der Waals surface area contributed by atoms with E-state index in [4.69, 9.17) is 0 Å². The largest absolute Gasteiger partial charge is 0.343 e. The maximum Gasteiger partial charge on any atom is 0.275 e. The molecule has 0 N–H and O–H groups in total. The zero-order chi connectivity index (χ0) is 18.5. The van der Waals surface area contributed by atoms with E-state index in [9.17, 15) is 9.59 Å². The van der Waals surface area contributed by atoms with Gasteiger partial charge in [0.25, 0.3) is 5.56 Å². The minimum absolute atomic E-state index is 0.000482. The molecule has 0 aliphatic heterocycles. The van der Waals surface area contributed by atoms with Gasteiger partial charge >= 0.3 is 0 Å². The number of carbonyl (C=O) groups excluding carboxylic acids is 1. The Hall–Kier alpha value is -2.56. The van der Waals surface area contributed by atoms with Crippen molar-refractivity contribution in [1.82, 2.24) is 13.9 Å². The van der Waals surface area contributed by atoms with Gasteiger partial charge < -0.3 is 13.9 Å². The summed E-state index contributed by atoms with van der Waals surface area (Å²) < 4.78 is 3.74. The summed E-state index contributed by atoms with van der Waals surface area (Å²) in [6.07, 6.45) is 5.18. The Labute approximate surface area is 153 Å². The number of para-hydroxylation sites is 2. The molecule has 0 radical (unpaired) electrons. The average Bonchev–Trinajstić information content (AvgIpc) is 3.15. The van der Waals surface area contributed by atoms with Crippen molar-refractivity contribution in [2.45, 2.75) is 46.1 Å². The predicted molar refractivity (Wildman–Crippen MR) is 106 cm³/mol. The summed E-state index contributed by atoms with van der Waals surface area (Å²) in [6.45, 7) is 6.28. The Morgan fingerprint density at radius 1 is 1.00 bits per heavy atom. The number of hydrogen-bond donors (Lipinski definition) is 0. The Kier molecular flexibility index (Phi) is 5.76. The lowest BCUT2D eigenvalue weighted by molar-refractivity contribution is -0.131. The van der Waals surface area contributed by atoms with E-state index >= 15 is 0 Å². The van der Waals surface area contributed by atoms with Crippen LogP contribution < -0.4 is 5.56 Å². The van der Waals surface area contributed by atoms with Crippen LogP contribution in [0.1, 0.15) is 39.5 Å². The van der Waals surface area contributed by atoms with Gasteiger partial charge in [0, 0.05) is 32.3 Å². The summed E-state index contributed by atoms with van der Waals surface area (Å²) in [4.78, 5) is 27.2. The number of benzene rings is 1. The molecule has 2 aromatic heterocycles. The highest BCUT2D eigenvalue weighted by molar-refractivity contribution is 5.79. The van der Waals surface area contributed by atoms with Crippen molar-refractivity contribution >= 4 is 22.5 Å². The lowest BCUT2D eigenvalue weighted by Crippen LogP contribution is -2.32. The second-order valence-electron chi connectivity index (χ2n) is 6.64. The van der Waals surface area contributed by atoms with Gasteiger partial charge in [-0.3, -0.25) is 9.59 Å². The van der Waals surface area contributed by atoms with Gasteiger partial charge in [0.15, 0.2) is 0 Å². The van der Waals surface area contributed by atoms with Crippen LogP contribution >= 0.6 is 0 Å². The van der Waals surface area contributed by atoms with Crippen LogP contribution in [0, 0.1) is 0 Å². The summed E-state index contributed by atoms with van der Waals surface area (Å²) in [5.41, 5.74) is 2.59. The van der Waals surface area contributed by atoms with Crippen LogP contribution in [0.5, 0.6) is 0 Å². The number of hydrogen-bond acceptors (Lipinski definition) is 2. The van der Waals surface area contributed by atoms with Crippen LogP contribution in [0.4, 0.5) is 0 Å². The lowest BCUT2D eigenvalue weighted by Gasteiger charge is -2.21. The standard InChI is InChI=1S/C21H27N3O2/c1-3-5-14-22(4-2)20(25)13-9-16-24-18-11-7-6-10-17(18)23-15-8-12-19(23)21(24)26/h6-8,10-12,15H,3-5,9,13-14,16H2,1-2H3. The monoisotopic (exact) mass is 353 g/mol. The van der Waals surface area contributed by atoms with Gasteiger partial charge in [-0.2, -0.15) is 0 Å². The smallest absolute Gasteiger partial charge is 0.275 e. The highest BCUT2D eigenvalue weighted by atomic mass is 16.2. The third kappa shape index (κ3) is 3.52. The molecular weight excluding hydrogens is 326 g/mol. The first-order valence-electron chi connectivity index (χ1n) is 9.53. The molecule has 0 saturated heterocycles. The minimum atomic E-state index is -0.000482. The normalized spacial score (nSPS) is 11.3. The fourth-order valence-corrected chi connectivity index (χ4v) is 3.49. The van der Waals surface area contributed by atoms with Crippen LogP contribution in [-0.4, -0.2) is 32.9 Å². The van der Waals surface area contributed by atoms with Crippen molar-refractivity contribution in [3.05, 3.63) is 52.9 Å². The van der Waals surface area contributed by atoms with Crippen molar-refractivity contribution in [1.29, 1.82) is 0 Å². The second-order valence-corrected chi connectivity index (χ2v) is 6.64. The van der Waals surface area contributed by atoms with Crippen molar-refractivity contribution in [2.75, 3.05) is 13.1 Å². The molecule has 3 aromatic rings. The van der Waals surface area contributed by atoms with E-state index in [1.54, 1.807) is 4.57 Å². The van der Waals surface area contributed by atoms with E-state index in [0.717, 1.165) is 37.0 Å². The summed E-state index contributed by atoms with van der Waals surface area (Å²) in [5.74, 6) is 0.182. The van der Waals surface area contributed by atoms with Crippen molar-refractivity contribution in [3.63, 3.8) is 0 Å². The molecule has 0 unspecified atom stereocenters. The Morgan fingerprint density at radius 3 is 2.46 bits per heavy atom. The molecule has 0 spiro atoms. The van der Waals surface area contributed by atoms with Crippen LogP contribution in [-0.2, 0) is 11.3 Å². The number of unbranched alkanes of at least 4 members (excludes halogenated alkanes) is 1. The molecule has 0 aliphatic rings. The summed E-state index contributed by atoms with van der Waals surface area (Å²) >= 11 is 0. The molecule has 5 heteroatoms. The van der Waals surface area contributed by atoms with Crippen LogP contribution in [0.15, 0.2) is 47.4 Å². The molecule has 5 nitrogen and oxygen atoms in total. The predicted octanol–water partition coefficient (Wildman–Crippen LogP) is 3.68. The third-order valence-corrected chi connectivity index (χ3v) is 4.93. The first-order chi connectivity index (χ1) is 12.7. The lowest BCUT2D eigenvalue weighted by atomic mass is 10.2. The fraction of sp³-hybridized carbons (Fsp3) is 0.429. The zero-order valence-electron chi connectivity index (χ0n) is 15.6. The number of amides is 1.